The highest BCUT2D eigenvalue weighted by Gasteiger charge is 2.18. The van der Waals surface area contributed by atoms with Gasteiger partial charge in [0.05, 0.1) is 11.1 Å². The minimum absolute atomic E-state index is 0.0568. The van der Waals surface area contributed by atoms with Gasteiger partial charge in [-0.25, -0.2) is 15.4 Å². The first-order valence-corrected chi connectivity index (χ1v) is 7.27. The number of rotatable bonds is 5. The van der Waals surface area contributed by atoms with E-state index in [0.717, 1.165) is 0 Å². The second-order valence-electron chi connectivity index (χ2n) is 3.98. The highest BCUT2D eigenvalue weighted by molar-refractivity contribution is 7.98. The molecule has 0 aliphatic carbocycles. The monoisotopic (exact) mass is 317 g/mol. The van der Waals surface area contributed by atoms with E-state index < -0.39 is 10.8 Å². The van der Waals surface area contributed by atoms with E-state index in [-0.39, 0.29) is 11.3 Å². The fourth-order valence-corrected chi connectivity index (χ4v) is 1.86. The molecule has 0 unspecified atom stereocenters. The smallest absolute Gasteiger partial charge is 0.267 e. The minimum atomic E-state index is -0.662. The Bertz CT molecular complexity index is 718. The van der Waals surface area contributed by atoms with E-state index in [1.54, 1.807) is 18.5 Å². The van der Waals surface area contributed by atoms with Gasteiger partial charge >= 0.3 is 0 Å². The lowest BCUT2D eigenvalue weighted by Crippen LogP contribution is -2.19. The van der Waals surface area contributed by atoms with Crippen molar-refractivity contribution in [3.63, 3.8) is 0 Å². The molecule has 0 saturated carbocycles. The van der Waals surface area contributed by atoms with Gasteiger partial charge in [-0.05, 0) is 12.3 Å². The van der Waals surface area contributed by atoms with Crippen LogP contribution in [0.5, 0.6) is 0 Å². The summed E-state index contributed by atoms with van der Waals surface area (Å²) in [5.74, 6) is -0.662. The fraction of sp³-hybridized carbons (Fsp3) is 0.0769. The third-order valence-corrected chi connectivity index (χ3v) is 3.13. The number of nitrogens with one attached hydrogen (secondary N) is 1. The van der Waals surface area contributed by atoms with Crippen molar-refractivity contribution in [3.8, 4) is 0 Å². The zero-order valence-corrected chi connectivity index (χ0v) is 12.3. The predicted octanol–water partition coefficient (Wildman–Crippen LogP) is 1.87. The molecule has 0 saturated heterocycles. The first-order valence-electron chi connectivity index (χ1n) is 6.04. The second kappa shape index (κ2) is 7.27. The molecule has 22 heavy (non-hydrogen) atoms. The Hall–Kier alpha value is -2.81. The SMILES string of the molecule is CSc1ncc(C=NNC(=O)c2ccccc2[N+](=O)[O-])cn1. The van der Waals surface area contributed by atoms with Gasteiger partial charge in [-0.2, -0.15) is 5.10 Å². The van der Waals surface area contributed by atoms with E-state index in [1.807, 2.05) is 6.26 Å². The molecule has 0 atom stereocenters. The molecule has 112 valence electrons. The van der Waals surface area contributed by atoms with E-state index in [2.05, 4.69) is 20.5 Å². The Balaban J connectivity index is 2.06. The highest BCUT2D eigenvalue weighted by Crippen LogP contribution is 2.17. The van der Waals surface area contributed by atoms with Gasteiger partial charge in [0, 0.05) is 24.0 Å². The summed E-state index contributed by atoms with van der Waals surface area (Å²) in [6.45, 7) is 0. The van der Waals surface area contributed by atoms with Gasteiger partial charge in [0.25, 0.3) is 11.6 Å². The van der Waals surface area contributed by atoms with Crippen molar-refractivity contribution in [2.45, 2.75) is 5.16 Å². The summed E-state index contributed by atoms with van der Waals surface area (Å²) < 4.78 is 0. The van der Waals surface area contributed by atoms with E-state index in [0.29, 0.717) is 10.7 Å². The predicted molar refractivity (Wildman–Crippen MR) is 82.0 cm³/mol. The number of carbonyl (C=O) groups is 1. The van der Waals surface area contributed by atoms with Gasteiger partial charge in [0.15, 0.2) is 5.16 Å². The number of aromatic nitrogens is 2. The summed E-state index contributed by atoms with van der Waals surface area (Å²) in [4.78, 5) is 30.2. The lowest BCUT2D eigenvalue weighted by molar-refractivity contribution is -0.385. The average molecular weight is 317 g/mol. The molecular formula is C13H11N5O3S. The van der Waals surface area contributed by atoms with Crippen LogP contribution in [0.2, 0.25) is 0 Å². The highest BCUT2D eigenvalue weighted by atomic mass is 32.2. The standard InChI is InChI=1S/C13H11N5O3S/c1-22-13-14-6-9(7-15-13)8-16-17-12(19)10-4-2-3-5-11(10)18(20)21/h2-8H,1H3,(H,17,19). The van der Waals surface area contributed by atoms with Gasteiger partial charge in [-0.3, -0.25) is 14.9 Å². The summed E-state index contributed by atoms with van der Waals surface area (Å²) in [6, 6.07) is 5.65. The molecule has 1 N–H and O–H groups in total. The topological polar surface area (TPSA) is 110 Å². The molecule has 0 aliphatic heterocycles. The number of benzene rings is 1. The number of nitrogens with zero attached hydrogens (tertiary/aromatic N) is 4. The summed E-state index contributed by atoms with van der Waals surface area (Å²) in [6.07, 6.45) is 6.33. The maximum Gasteiger partial charge on any atom is 0.282 e. The van der Waals surface area contributed by atoms with Gasteiger partial charge in [-0.1, -0.05) is 23.9 Å². The number of hydrogen-bond donors (Lipinski definition) is 1. The maximum atomic E-state index is 11.9. The van der Waals surface area contributed by atoms with Crippen molar-refractivity contribution < 1.29 is 9.72 Å². The van der Waals surface area contributed by atoms with E-state index >= 15 is 0 Å². The molecule has 1 aromatic heterocycles. The zero-order chi connectivity index (χ0) is 15.9. The molecule has 1 amide bonds. The van der Waals surface area contributed by atoms with Crippen LogP contribution in [0.3, 0.4) is 0 Å². The molecule has 0 bridgehead atoms. The molecule has 2 aromatic rings. The first kappa shape index (κ1) is 15.6. The largest absolute Gasteiger partial charge is 0.282 e. The molecule has 0 fully saturated rings. The van der Waals surface area contributed by atoms with Gasteiger partial charge in [0.2, 0.25) is 0 Å². The summed E-state index contributed by atoms with van der Waals surface area (Å²) in [7, 11) is 0. The van der Waals surface area contributed by atoms with E-state index in [1.165, 1.54) is 36.2 Å². The van der Waals surface area contributed by atoms with Crippen molar-refractivity contribution in [3.05, 3.63) is 57.9 Å². The van der Waals surface area contributed by atoms with Crippen LogP contribution in [0, 0.1) is 10.1 Å². The average Bonchev–Trinajstić information content (AvgIpc) is 2.55. The third-order valence-electron chi connectivity index (χ3n) is 2.56. The number of thioether (sulfide) groups is 1. The fourth-order valence-electron chi connectivity index (χ4n) is 1.55. The second-order valence-corrected chi connectivity index (χ2v) is 4.75. The number of hydrogen-bond acceptors (Lipinski definition) is 7. The number of para-hydroxylation sites is 1. The minimum Gasteiger partial charge on any atom is -0.267 e. The van der Waals surface area contributed by atoms with Crippen LogP contribution in [0.4, 0.5) is 5.69 Å². The molecule has 1 aromatic carbocycles. The number of amides is 1. The lowest BCUT2D eigenvalue weighted by atomic mass is 10.2. The van der Waals surface area contributed by atoms with Crippen LogP contribution >= 0.6 is 11.8 Å². The van der Waals surface area contributed by atoms with Gasteiger partial charge in [-0.15, -0.1) is 0 Å². The van der Waals surface area contributed by atoms with Crippen molar-refractivity contribution >= 4 is 29.6 Å². The van der Waals surface area contributed by atoms with Crippen LogP contribution in [-0.2, 0) is 0 Å². The molecule has 0 radical (unpaired) electrons. The number of hydrazone groups is 1. The van der Waals surface area contributed by atoms with Crippen molar-refractivity contribution in [2.24, 2.45) is 5.10 Å². The van der Waals surface area contributed by atoms with Gasteiger partial charge in [0.1, 0.15) is 5.56 Å². The maximum absolute atomic E-state index is 11.9. The quantitative estimate of drug-likeness (QED) is 0.296. The summed E-state index contributed by atoms with van der Waals surface area (Å²) >= 11 is 1.41. The van der Waals surface area contributed by atoms with Crippen LogP contribution in [-0.4, -0.2) is 33.3 Å². The number of nitro benzene ring substituents is 1. The van der Waals surface area contributed by atoms with Crippen molar-refractivity contribution in [2.75, 3.05) is 6.26 Å². The Morgan fingerprint density at radius 3 is 2.68 bits per heavy atom. The lowest BCUT2D eigenvalue weighted by Gasteiger charge is -2.01. The van der Waals surface area contributed by atoms with Crippen LogP contribution in [0.1, 0.15) is 15.9 Å². The molecule has 1 heterocycles. The Morgan fingerprint density at radius 1 is 1.36 bits per heavy atom. The Kier molecular flexibility index (Phi) is 5.15. The molecule has 8 nitrogen and oxygen atoms in total. The summed E-state index contributed by atoms with van der Waals surface area (Å²) in [5, 5.41) is 15.2. The van der Waals surface area contributed by atoms with Crippen LogP contribution in [0.15, 0.2) is 46.9 Å². The number of nitro groups is 1. The number of carbonyl (C=O) groups excluding carboxylic acids is 1. The molecule has 9 heteroatoms. The third kappa shape index (κ3) is 3.85. The molecule has 0 aliphatic rings. The summed E-state index contributed by atoms with van der Waals surface area (Å²) in [5.41, 5.74) is 2.50. The molecular weight excluding hydrogens is 306 g/mol. The molecule has 2 rings (SSSR count). The van der Waals surface area contributed by atoms with Crippen molar-refractivity contribution in [1.82, 2.24) is 15.4 Å². The van der Waals surface area contributed by atoms with E-state index in [9.17, 15) is 14.9 Å². The van der Waals surface area contributed by atoms with Gasteiger partial charge < -0.3 is 0 Å². The Morgan fingerprint density at radius 2 is 2.05 bits per heavy atom. The first-order chi connectivity index (χ1) is 10.6. The molecule has 0 spiro atoms. The zero-order valence-electron chi connectivity index (χ0n) is 11.5. The van der Waals surface area contributed by atoms with Crippen molar-refractivity contribution in [1.29, 1.82) is 0 Å². The van der Waals surface area contributed by atoms with E-state index in [4.69, 9.17) is 0 Å². The Labute approximate surface area is 129 Å². The van der Waals surface area contributed by atoms with Crippen LogP contribution < -0.4 is 5.43 Å². The van der Waals surface area contributed by atoms with Crippen LogP contribution in [0.25, 0.3) is 0 Å². The normalized spacial score (nSPS) is 10.6.